The molecule has 1 saturated heterocycles. The van der Waals surface area contributed by atoms with Gasteiger partial charge < -0.3 is 14.4 Å². The number of benzene rings is 2. The summed E-state index contributed by atoms with van der Waals surface area (Å²) in [6.45, 7) is 7.70. The molecule has 2 heterocycles. The Morgan fingerprint density at radius 3 is 2.70 bits per heavy atom. The average molecular weight is 539 g/mol. The van der Waals surface area contributed by atoms with Crippen molar-refractivity contribution in [2.75, 3.05) is 20.1 Å². The standard InChI is InChI=1S/C34H38N2O4/c1-21-8-9-24(18-22(21)2)12-13-30(38)35(4)27-14-15-34(40-23(3)37)29-19-26-6-5-7-28-31(26)33(34,32(27)39-28)16-17-36(29)20-25-10-11-25/h5-9,18,25,27,29,32H,10-11,14-17,19-20H2,1-4H3/t27-,29+,32-,33-,34+/m0/s1. The van der Waals surface area contributed by atoms with E-state index in [-0.39, 0.29) is 30.1 Å². The van der Waals surface area contributed by atoms with Crippen LogP contribution in [0.4, 0.5) is 0 Å². The van der Waals surface area contributed by atoms with E-state index < -0.39 is 11.0 Å². The van der Waals surface area contributed by atoms with Crippen molar-refractivity contribution in [1.82, 2.24) is 9.80 Å². The second-order valence-electron chi connectivity index (χ2n) is 12.8. The van der Waals surface area contributed by atoms with E-state index in [1.165, 1.54) is 29.5 Å². The van der Waals surface area contributed by atoms with Crippen molar-refractivity contribution >= 4 is 11.9 Å². The molecule has 6 heteroatoms. The number of nitrogens with zero attached hydrogens (tertiary/aromatic N) is 2. The predicted molar refractivity (Wildman–Crippen MR) is 152 cm³/mol. The van der Waals surface area contributed by atoms with Crippen molar-refractivity contribution in [3.63, 3.8) is 0 Å². The molecule has 2 saturated carbocycles. The van der Waals surface area contributed by atoms with E-state index in [1.54, 1.807) is 11.8 Å². The summed E-state index contributed by atoms with van der Waals surface area (Å²) in [7, 11) is 1.85. The molecule has 5 aliphatic rings. The van der Waals surface area contributed by atoms with E-state index in [4.69, 9.17) is 9.47 Å². The lowest BCUT2D eigenvalue weighted by atomic mass is 9.48. The zero-order valence-corrected chi connectivity index (χ0v) is 24.0. The van der Waals surface area contributed by atoms with Crippen LogP contribution in [-0.4, -0.2) is 65.6 Å². The molecule has 0 unspecified atom stereocenters. The summed E-state index contributed by atoms with van der Waals surface area (Å²) >= 11 is 0. The highest BCUT2D eigenvalue weighted by Crippen LogP contribution is 2.65. The Balaban J connectivity index is 1.27. The van der Waals surface area contributed by atoms with Crippen molar-refractivity contribution in [2.24, 2.45) is 5.92 Å². The van der Waals surface area contributed by atoms with Gasteiger partial charge in [-0.2, -0.15) is 0 Å². The zero-order valence-electron chi connectivity index (χ0n) is 24.0. The third-order valence-corrected chi connectivity index (χ3v) is 10.6. The van der Waals surface area contributed by atoms with Crippen LogP contribution in [0.3, 0.4) is 0 Å². The van der Waals surface area contributed by atoms with Gasteiger partial charge in [-0.05, 0) is 99.7 Å². The van der Waals surface area contributed by atoms with Crippen LogP contribution < -0.4 is 4.74 Å². The number of ether oxygens (including phenoxy) is 2. The summed E-state index contributed by atoms with van der Waals surface area (Å²) in [5.41, 5.74) is 4.58. The number of carbonyl (C=O) groups is 2. The smallest absolute Gasteiger partial charge is 0.303 e. The number of hydrogen-bond acceptors (Lipinski definition) is 5. The lowest BCUT2D eigenvalue weighted by molar-refractivity contribution is -0.223. The van der Waals surface area contributed by atoms with Gasteiger partial charge >= 0.3 is 5.97 Å². The molecule has 2 aliphatic heterocycles. The Morgan fingerprint density at radius 2 is 1.95 bits per heavy atom. The zero-order chi connectivity index (χ0) is 27.8. The molecule has 3 aliphatic carbocycles. The van der Waals surface area contributed by atoms with Crippen molar-refractivity contribution < 1.29 is 19.1 Å². The summed E-state index contributed by atoms with van der Waals surface area (Å²) in [4.78, 5) is 30.7. The molecule has 0 radical (unpaired) electrons. The van der Waals surface area contributed by atoms with Gasteiger partial charge in [0.15, 0.2) is 0 Å². The minimum atomic E-state index is -0.665. The first-order chi connectivity index (χ1) is 19.2. The normalized spacial score (nSPS) is 31.4. The Morgan fingerprint density at radius 1 is 1.12 bits per heavy atom. The Bertz CT molecular complexity index is 1470. The number of carbonyl (C=O) groups excluding carboxylic acids is 2. The van der Waals surface area contributed by atoms with Gasteiger partial charge in [-0.1, -0.05) is 24.1 Å². The van der Waals surface area contributed by atoms with Gasteiger partial charge in [0.1, 0.15) is 17.5 Å². The fourth-order valence-electron chi connectivity index (χ4n) is 8.44. The molecule has 0 N–H and O–H groups in total. The molecule has 3 fully saturated rings. The Kier molecular flexibility index (Phi) is 5.84. The summed E-state index contributed by atoms with van der Waals surface area (Å²) in [5.74, 6) is 7.19. The lowest BCUT2D eigenvalue weighted by Crippen LogP contribution is -2.79. The van der Waals surface area contributed by atoms with Crippen molar-refractivity contribution in [2.45, 2.75) is 88.5 Å². The monoisotopic (exact) mass is 538 g/mol. The molecule has 0 aromatic heterocycles. The van der Waals surface area contributed by atoms with Gasteiger partial charge in [-0.3, -0.25) is 14.5 Å². The van der Waals surface area contributed by atoms with Crippen LogP contribution in [0.5, 0.6) is 5.75 Å². The average Bonchev–Trinajstić information content (AvgIpc) is 3.67. The first-order valence-corrected chi connectivity index (χ1v) is 14.8. The highest BCUT2D eigenvalue weighted by molar-refractivity contribution is 5.94. The number of esters is 1. The maximum absolute atomic E-state index is 13.5. The van der Waals surface area contributed by atoms with Crippen molar-refractivity contribution in [3.8, 4) is 17.6 Å². The number of aryl methyl sites for hydroxylation is 2. The first kappa shape index (κ1) is 25.7. The quantitative estimate of drug-likeness (QED) is 0.429. The van der Waals surface area contributed by atoms with E-state index in [2.05, 4.69) is 48.8 Å². The number of likely N-dealkylation sites (tertiary alicyclic amines) is 1. The van der Waals surface area contributed by atoms with Crippen LogP contribution in [-0.2, 0) is 26.2 Å². The van der Waals surface area contributed by atoms with E-state index >= 15 is 0 Å². The second kappa shape index (κ2) is 9.11. The molecule has 1 amide bonds. The van der Waals surface area contributed by atoms with E-state index in [1.807, 2.05) is 25.2 Å². The van der Waals surface area contributed by atoms with Crippen molar-refractivity contribution in [3.05, 3.63) is 64.2 Å². The molecular formula is C34H38N2O4. The number of rotatable bonds is 4. The molecule has 7 rings (SSSR count). The summed E-state index contributed by atoms with van der Waals surface area (Å²) in [6.07, 6.45) is 5.41. The van der Waals surface area contributed by atoms with Gasteiger partial charge in [0, 0.05) is 37.6 Å². The van der Waals surface area contributed by atoms with E-state index in [0.29, 0.717) is 12.8 Å². The molecule has 5 atom stereocenters. The van der Waals surface area contributed by atoms with Gasteiger partial charge in [0.05, 0.1) is 17.5 Å². The molecule has 2 aromatic carbocycles. The summed E-state index contributed by atoms with van der Waals surface area (Å²) in [6, 6.07) is 12.3. The van der Waals surface area contributed by atoms with Crippen LogP contribution in [0, 0.1) is 31.6 Å². The summed E-state index contributed by atoms with van der Waals surface area (Å²) in [5, 5.41) is 0. The molecular weight excluding hydrogens is 500 g/mol. The summed E-state index contributed by atoms with van der Waals surface area (Å²) < 4.78 is 13.4. The van der Waals surface area contributed by atoms with Crippen LogP contribution in [0.15, 0.2) is 36.4 Å². The van der Waals surface area contributed by atoms with Crippen LogP contribution >= 0.6 is 0 Å². The SMILES string of the molecule is CC(=O)O[C@@]12CC[C@H](N(C)C(=O)C#Cc3ccc(C)c(C)c3)[C@@H]3Oc4cccc5c4[C@@]31CCN(CC1CC1)[C@@H]2C5. The molecule has 2 bridgehead atoms. The molecule has 40 heavy (non-hydrogen) atoms. The fraction of sp³-hybridized carbons (Fsp3) is 0.529. The first-order valence-electron chi connectivity index (χ1n) is 14.8. The number of amides is 1. The maximum atomic E-state index is 13.5. The van der Waals surface area contributed by atoms with E-state index in [0.717, 1.165) is 48.7 Å². The van der Waals surface area contributed by atoms with Crippen LogP contribution in [0.2, 0.25) is 0 Å². The number of piperidine rings is 1. The van der Waals surface area contributed by atoms with Crippen molar-refractivity contribution in [1.29, 1.82) is 0 Å². The van der Waals surface area contributed by atoms with E-state index in [9.17, 15) is 9.59 Å². The van der Waals surface area contributed by atoms with Gasteiger partial charge in [-0.15, -0.1) is 0 Å². The lowest BCUT2D eigenvalue weighted by Gasteiger charge is -2.65. The predicted octanol–water partition coefficient (Wildman–Crippen LogP) is 4.32. The number of hydrogen-bond donors (Lipinski definition) is 0. The number of likely N-dealkylation sites (N-methyl/N-ethyl adjacent to an activating group) is 1. The molecule has 6 nitrogen and oxygen atoms in total. The van der Waals surface area contributed by atoms with Gasteiger partial charge in [0.25, 0.3) is 5.91 Å². The topological polar surface area (TPSA) is 59.1 Å². The second-order valence-corrected chi connectivity index (χ2v) is 12.8. The Hall–Kier alpha value is -3.30. The maximum Gasteiger partial charge on any atom is 0.303 e. The molecule has 1 spiro atoms. The van der Waals surface area contributed by atoms with Crippen LogP contribution in [0.25, 0.3) is 0 Å². The van der Waals surface area contributed by atoms with Crippen LogP contribution in [0.1, 0.15) is 66.8 Å². The minimum absolute atomic E-state index is 0.115. The Labute approximate surface area is 237 Å². The van der Waals surface area contributed by atoms with Gasteiger partial charge in [0.2, 0.25) is 0 Å². The van der Waals surface area contributed by atoms with Gasteiger partial charge in [-0.25, -0.2) is 0 Å². The highest BCUT2D eigenvalue weighted by atomic mass is 16.6. The molecule has 2 aromatic rings. The fourth-order valence-corrected chi connectivity index (χ4v) is 8.44. The minimum Gasteiger partial charge on any atom is -0.487 e. The molecule has 208 valence electrons. The highest BCUT2D eigenvalue weighted by Gasteiger charge is 2.75. The largest absolute Gasteiger partial charge is 0.487 e. The third-order valence-electron chi connectivity index (χ3n) is 10.6. The third kappa shape index (κ3) is 3.66.